The van der Waals surface area contributed by atoms with Crippen molar-refractivity contribution in [3.8, 4) is 5.75 Å². The maximum Gasteiger partial charge on any atom is 0.193 e. The minimum absolute atomic E-state index is 0.462. The summed E-state index contributed by atoms with van der Waals surface area (Å²) in [6.07, 6.45) is 2.98. The minimum Gasteiger partial charge on any atom is -0.497 e. The maximum absolute atomic E-state index is 5.92. The molecule has 0 heterocycles. The van der Waals surface area contributed by atoms with Crippen LogP contribution in [0.4, 0.5) is 5.69 Å². The quantitative estimate of drug-likeness (QED) is 0.466. The molecule has 0 aliphatic carbocycles. The summed E-state index contributed by atoms with van der Waals surface area (Å²) < 4.78 is 5.15. The van der Waals surface area contributed by atoms with Crippen molar-refractivity contribution in [2.45, 2.75) is 26.2 Å². The van der Waals surface area contributed by atoms with Crippen molar-refractivity contribution < 1.29 is 4.74 Å². The second-order valence-electron chi connectivity index (χ2n) is 5.39. The van der Waals surface area contributed by atoms with Gasteiger partial charge in [-0.1, -0.05) is 31.2 Å². The molecule has 2 aromatic carbocycles. The molecular formula is C19H25N3O. The van der Waals surface area contributed by atoms with E-state index in [1.165, 1.54) is 11.1 Å². The van der Waals surface area contributed by atoms with Crippen LogP contribution in [0.2, 0.25) is 0 Å². The average molecular weight is 311 g/mol. The highest BCUT2D eigenvalue weighted by molar-refractivity contribution is 5.92. The molecule has 122 valence electrons. The van der Waals surface area contributed by atoms with Crippen molar-refractivity contribution in [3.63, 3.8) is 0 Å². The highest BCUT2D eigenvalue weighted by Gasteiger charge is 1.97. The Kier molecular flexibility index (Phi) is 6.48. The fraction of sp³-hybridized carbons (Fsp3) is 0.316. The summed E-state index contributed by atoms with van der Waals surface area (Å²) in [5.41, 5.74) is 9.48. The molecular weight excluding hydrogens is 286 g/mol. The number of rotatable bonds is 7. The van der Waals surface area contributed by atoms with E-state index in [0.29, 0.717) is 12.5 Å². The molecule has 23 heavy (non-hydrogen) atoms. The molecule has 2 rings (SSSR count). The van der Waals surface area contributed by atoms with Crippen LogP contribution in [0.25, 0.3) is 0 Å². The fourth-order valence-corrected chi connectivity index (χ4v) is 2.29. The van der Waals surface area contributed by atoms with Crippen molar-refractivity contribution in [2.24, 2.45) is 10.7 Å². The molecule has 0 spiro atoms. The third-order valence-electron chi connectivity index (χ3n) is 3.70. The normalized spacial score (nSPS) is 11.3. The first kappa shape index (κ1) is 16.9. The standard InChI is InChI=1S/C19H25N3O/c1-3-15-6-10-17(11-7-15)22-19(20)21-14-4-5-16-8-12-18(23-2)13-9-16/h6-13H,3-5,14H2,1-2H3,(H3,20,21,22). The lowest BCUT2D eigenvalue weighted by atomic mass is 10.1. The molecule has 0 amide bonds. The molecule has 4 nitrogen and oxygen atoms in total. The lowest BCUT2D eigenvalue weighted by molar-refractivity contribution is 0.414. The van der Waals surface area contributed by atoms with Crippen molar-refractivity contribution in [1.29, 1.82) is 0 Å². The van der Waals surface area contributed by atoms with Gasteiger partial charge in [0.15, 0.2) is 5.96 Å². The molecule has 0 unspecified atom stereocenters. The number of aryl methyl sites for hydroxylation is 2. The van der Waals surface area contributed by atoms with Gasteiger partial charge in [-0.3, -0.25) is 4.99 Å². The van der Waals surface area contributed by atoms with Gasteiger partial charge in [-0.25, -0.2) is 0 Å². The summed E-state index contributed by atoms with van der Waals surface area (Å²) in [6, 6.07) is 16.4. The Morgan fingerprint density at radius 2 is 1.70 bits per heavy atom. The first-order valence-electron chi connectivity index (χ1n) is 8.00. The van der Waals surface area contributed by atoms with E-state index >= 15 is 0 Å². The van der Waals surface area contributed by atoms with Crippen LogP contribution >= 0.6 is 0 Å². The van der Waals surface area contributed by atoms with Crippen LogP contribution in [-0.4, -0.2) is 19.6 Å². The van der Waals surface area contributed by atoms with Crippen LogP contribution in [0.3, 0.4) is 0 Å². The Morgan fingerprint density at radius 3 is 2.30 bits per heavy atom. The van der Waals surface area contributed by atoms with Crippen LogP contribution in [0.5, 0.6) is 5.75 Å². The molecule has 0 aromatic heterocycles. The Morgan fingerprint density at radius 1 is 1.04 bits per heavy atom. The van der Waals surface area contributed by atoms with Crippen LogP contribution in [0.15, 0.2) is 53.5 Å². The van der Waals surface area contributed by atoms with Crippen molar-refractivity contribution in [1.82, 2.24) is 0 Å². The largest absolute Gasteiger partial charge is 0.497 e. The molecule has 0 fully saturated rings. The van der Waals surface area contributed by atoms with E-state index in [9.17, 15) is 0 Å². The lowest BCUT2D eigenvalue weighted by Gasteiger charge is -2.06. The van der Waals surface area contributed by atoms with Crippen LogP contribution in [0, 0.1) is 0 Å². The number of nitrogens with one attached hydrogen (secondary N) is 1. The van der Waals surface area contributed by atoms with Crippen molar-refractivity contribution in [3.05, 3.63) is 59.7 Å². The van der Waals surface area contributed by atoms with E-state index < -0.39 is 0 Å². The number of nitrogens with two attached hydrogens (primary N) is 1. The van der Waals surface area contributed by atoms with Crippen LogP contribution in [0.1, 0.15) is 24.5 Å². The molecule has 0 aliphatic heterocycles. The van der Waals surface area contributed by atoms with Crippen LogP contribution in [-0.2, 0) is 12.8 Å². The fourth-order valence-electron chi connectivity index (χ4n) is 2.29. The lowest BCUT2D eigenvalue weighted by Crippen LogP contribution is -2.22. The highest BCUT2D eigenvalue weighted by Crippen LogP contribution is 2.12. The van der Waals surface area contributed by atoms with Gasteiger partial charge >= 0.3 is 0 Å². The zero-order chi connectivity index (χ0) is 16.5. The van der Waals surface area contributed by atoms with Crippen molar-refractivity contribution >= 4 is 11.6 Å². The summed E-state index contributed by atoms with van der Waals surface area (Å²) in [7, 11) is 1.68. The van der Waals surface area contributed by atoms with E-state index in [4.69, 9.17) is 10.5 Å². The Bertz CT molecular complexity index is 618. The van der Waals surface area contributed by atoms with Crippen molar-refractivity contribution in [2.75, 3.05) is 19.0 Å². The summed E-state index contributed by atoms with van der Waals surface area (Å²) in [6.45, 7) is 2.85. The molecule has 0 atom stereocenters. The SMILES string of the molecule is CCc1ccc(NC(N)=NCCCc2ccc(OC)cc2)cc1. The number of hydrogen-bond acceptors (Lipinski definition) is 2. The third-order valence-corrected chi connectivity index (χ3v) is 3.70. The second-order valence-corrected chi connectivity index (χ2v) is 5.39. The molecule has 2 aromatic rings. The van der Waals surface area contributed by atoms with Gasteiger partial charge < -0.3 is 15.8 Å². The second kappa shape index (κ2) is 8.83. The number of nitrogens with zero attached hydrogens (tertiary/aromatic N) is 1. The molecule has 0 saturated heterocycles. The van der Waals surface area contributed by atoms with Gasteiger partial charge in [0.1, 0.15) is 5.75 Å². The van der Waals surface area contributed by atoms with Gasteiger partial charge in [-0.2, -0.15) is 0 Å². The van der Waals surface area contributed by atoms with Gasteiger partial charge in [0.25, 0.3) is 0 Å². The molecule has 3 N–H and O–H groups in total. The number of ether oxygens (including phenoxy) is 1. The number of guanidine groups is 1. The first-order chi connectivity index (χ1) is 11.2. The molecule has 0 bridgehead atoms. The van der Waals surface area contributed by atoms with E-state index in [1.807, 2.05) is 24.3 Å². The summed E-state index contributed by atoms with van der Waals surface area (Å²) >= 11 is 0. The van der Waals surface area contributed by atoms with Gasteiger partial charge in [-0.15, -0.1) is 0 Å². The zero-order valence-corrected chi connectivity index (χ0v) is 13.9. The Balaban J connectivity index is 1.75. The number of aliphatic imine (C=N–C) groups is 1. The topological polar surface area (TPSA) is 59.6 Å². The van der Waals surface area contributed by atoms with Gasteiger partial charge in [0.2, 0.25) is 0 Å². The zero-order valence-electron chi connectivity index (χ0n) is 13.9. The van der Waals surface area contributed by atoms with E-state index in [1.54, 1.807) is 7.11 Å². The predicted molar refractivity (Wildman–Crippen MR) is 97.2 cm³/mol. The number of hydrogen-bond donors (Lipinski definition) is 2. The maximum atomic E-state index is 5.92. The number of benzene rings is 2. The predicted octanol–water partition coefficient (Wildman–Crippen LogP) is 3.62. The third kappa shape index (κ3) is 5.66. The minimum atomic E-state index is 0.462. The Hall–Kier alpha value is -2.49. The molecule has 0 aliphatic rings. The molecule has 4 heteroatoms. The number of anilines is 1. The molecule has 0 saturated carbocycles. The van der Waals surface area contributed by atoms with E-state index in [2.05, 4.69) is 41.5 Å². The summed E-state index contributed by atoms with van der Waals surface area (Å²) in [5.74, 6) is 1.35. The van der Waals surface area contributed by atoms with Gasteiger partial charge in [-0.05, 0) is 54.7 Å². The van der Waals surface area contributed by atoms with E-state index in [0.717, 1.165) is 30.7 Å². The highest BCUT2D eigenvalue weighted by atomic mass is 16.5. The Labute approximate surface area is 138 Å². The van der Waals surface area contributed by atoms with E-state index in [-0.39, 0.29) is 0 Å². The summed E-state index contributed by atoms with van der Waals surface area (Å²) in [4.78, 5) is 4.37. The number of methoxy groups -OCH3 is 1. The summed E-state index contributed by atoms with van der Waals surface area (Å²) in [5, 5.41) is 3.12. The first-order valence-corrected chi connectivity index (χ1v) is 8.00. The van der Waals surface area contributed by atoms with Crippen LogP contribution < -0.4 is 15.8 Å². The molecule has 0 radical (unpaired) electrons. The van der Waals surface area contributed by atoms with Gasteiger partial charge in [0, 0.05) is 12.2 Å². The van der Waals surface area contributed by atoms with Gasteiger partial charge in [0.05, 0.1) is 7.11 Å². The smallest absolute Gasteiger partial charge is 0.193 e. The monoisotopic (exact) mass is 311 g/mol. The average Bonchev–Trinajstić information content (AvgIpc) is 2.60.